The molecular formula is C10H22O5. The molecule has 0 aromatic rings. The zero-order valence-corrected chi connectivity index (χ0v) is 9.19. The largest absolute Gasteiger partial charge is 0.396 e. The van der Waals surface area contributed by atoms with Crippen LogP contribution in [-0.4, -0.2) is 51.1 Å². The molecule has 0 spiro atoms. The number of hydrogen-bond acceptors (Lipinski definition) is 5. The zero-order valence-electron chi connectivity index (χ0n) is 9.19. The number of aliphatic hydroxyl groups is 5. The predicted octanol–water partition coefficient (Wildman–Crippen LogP) is -0.789. The monoisotopic (exact) mass is 222 g/mol. The average molecular weight is 222 g/mol. The van der Waals surface area contributed by atoms with Gasteiger partial charge < -0.3 is 25.5 Å². The van der Waals surface area contributed by atoms with E-state index in [4.69, 9.17) is 25.5 Å². The summed E-state index contributed by atoms with van der Waals surface area (Å²) >= 11 is 0. The molecule has 0 heterocycles. The van der Waals surface area contributed by atoms with Crippen molar-refractivity contribution in [1.82, 2.24) is 0 Å². The van der Waals surface area contributed by atoms with Gasteiger partial charge in [0.15, 0.2) is 5.79 Å². The molecule has 5 N–H and O–H groups in total. The molecule has 0 radical (unpaired) electrons. The van der Waals surface area contributed by atoms with Crippen molar-refractivity contribution in [3.8, 4) is 0 Å². The summed E-state index contributed by atoms with van der Waals surface area (Å²) in [5, 5.41) is 42.9. The molecule has 0 atom stereocenters. The Hall–Kier alpha value is -0.200. The molecule has 0 saturated heterocycles. The van der Waals surface area contributed by atoms with Crippen LogP contribution >= 0.6 is 0 Å². The summed E-state index contributed by atoms with van der Waals surface area (Å²) < 4.78 is 0. The van der Waals surface area contributed by atoms with Gasteiger partial charge in [-0.25, -0.2) is 0 Å². The van der Waals surface area contributed by atoms with Gasteiger partial charge >= 0.3 is 0 Å². The van der Waals surface area contributed by atoms with Crippen LogP contribution in [0.15, 0.2) is 0 Å². The van der Waals surface area contributed by atoms with Crippen LogP contribution in [0.3, 0.4) is 0 Å². The fourth-order valence-electron chi connectivity index (χ4n) is 0.978. The Kier molecular flexibility index (Phi) is 6.31. The Bertz CT molecular complexity index is 142. The van der Waals surface area contributed by atoms with E-state index in [1.165, 1.54) is 0 Å². The molecule has 5 heteroatoms. The second kappa shape index (κ2) is 6.40. The van der Waals surface area contributed by atoms with Crippen molar-refractivity contribution >= 4 is 0 Å². The third-order valence-electron chi connectivity index (χ3n) is 2.91. The molecule has 92 valence electrons. The molecular weight excluding hydrogens is 200 g/mol. The fraction of sp³-hybridized carbons (Fsp3) is 1.00. The number of hydrogen-bond donors (Lipinski definition) is 5. The topological polar surface area (TPSA) is 101 Å². The molecule has 15 heavy (non-hydrogen) atoms. The van der Waals surface area contributed by atoms with Crippen LogP contribution < -0.4 is 0 Å². The minimum absolute atomic E-state index is 0.156. The Labute approximate surface area is 90.0 Å². The van der Waals surface area contributed by atoms with Gasteiger partial charge in [0.25, 0.3) is 0 Å². The van der Waals surface area contributed by atoms with Crippen molar-refractivity contribution in [2.45, 2.75) is 38.4 Å². The van der Waals surface area contributed by atoms with Crippen LogP contribution in [-0.2, 0) is 0 Å². The summed E-state index contributed by atoms with van der Waals surface area (Å²) in [6, 6.07) is 0. The first kappa shape index (κ1) is 14.8. The standard InChI is InChI=1S/C6H14O3.C4H8O2/c1-2-6(3-7,4-8)5-9;5-4(6)2-1-3-4/h7-9H,2-5H2,1H3;5-6H,1-3H2. The molecule has 1 saturated carbocycles. The lowest BCUT2D eigenvalue weighted by molar-refractivity contribution is -0.210. The number of aliphatic hydroxyl groups excluding tert-OH is 3. The molecule has 0 aromatic carbocycles. The van der Waals surface area contributed by atoms with Gasteiger partial charge in [-0.05, 0) is 12.8 Å². The lowest BCUT2D eigenvalue weighted by Crippen LogP contribution is -2.35. The molecule has 5 nitrogen and oxygen atoms in total. The third-order valence-corrected chi connectivity index (χ3v) is 2.91. The Morgan fingerprint density at radius 3 is 1.33 bits per heavy atom. The van der Waals surface area contributed by atoms with Crippen molar-refractivity contribution in [1.29, 1.82) is 0 Å². The van der Waals surface area contributed by atoms with E-state index in [1.807, 2.05) is 6.92 Å². The maximum Gasteiger partial charge on any atom is 0.162 e. The highest BCUT2D eigenvalue weighted by molar-refractivity contribution is 4.74. The predicted molar refractivity (Wildman–Crippen MR) is 55.0 cm³/mol. The first-order chi connectivity index (χ1) is 6.95. The van der Waals surface area contributed by atoms with Gasteiger partial charge in [-0.2, -0.15) is 0 Å². The second-order valence-corrected chi connectivity index (χ2v) is 4.16. The summed E-state index contributed by atoms with van der Waals surface area (Å²) in [6.45, 7) is 1.35. The first-order valence-corrected chi connectivity index (χ1v) is 5.22. The van der Waals surface area contributed by atoms with Crippen molar-refractivity contribution < 1.29 is 25.5 Å². The van der Waals surface area contributed by atoms with Crippen LogP contribution in [0.5, 0.6) is 0 Å². The van der Waals surface area contributed by atoms with Crippen LogP contribution in [0.25, 0.3) is 0 Å². The minimum atomic E-state index is -1.28. The Balaban J connectivity index is 0.000000280. The normalized spacial score (nSPS) is 18.8. The molecule has 1 aliphatic rings. The molecule has 1 aliphatic carbocycles. The fourth-order valence-corrected chi connectivity index (χ4v) is 0.978. The summed E-state index contributed by atoms with van der Waals surface area (Å²) in [7, 11) is 0. The van der Waals surface area contributed by atoms with Gasteiger partial charge in [-0.1, -0.05) is 6.92 Å². The Morgan fingerprint density at radius 1 is 1.00 bits per heavy atom. The van der Waals surface area contributed by atoms with Crippen LogP contribution in [0.2, 0.25) is 0 Å². The van der Waals surface area contributed by atoms with E-state index in [1.54, 1.807) is 0 Å². The molecule has 0 bridgehead atoms. The van der Waals surface area contributed by atoms with Gasteiger partial charge in [-0.15, -0.1) is 0 Å². The molecule has 0 aliphatic heterocycles. The van der Waals surface area contributed by atoms with E-state index < -0.39 is 11.2 Å². The molecule has 0 aromatic heterocycles. The van der Waals surface area contributed by atoms with E-state index in [2.05, 4.69) is 0 Å². The Morgan fingerprint density at radius 2 is 1.33 bits per heavy atom. The van der Waals surface area contributed by atoms with Crippen molar-refractivity contribution in [3.63, 3.8) is 0 Å². The highest BCUT2D eigenvalue weighted by Gasteiger charge is 2.30. The zero-order chi connectivity index (χ0) is 11.9. The lowest BCUT2D eigenvalue weighted by atomic mass is 9.88. The van der Waals surface area contributed by atoms with Crippen LogP contribution in [0.4, 0.5) is 0 Å². The molecule has 1 fully saturated rings. The quantitative estimate of drug-likeness (QED) is 0.401. The van der Waals surface area contributed by atoms with Gasteiger partial charge in [0, 0.05) is 18.3 Å². The van der Waals surface area contributed by atoms with E-state index in [9.17, 15) is 0 Å². The smallest absolute Gasteiger partial charge is 0.162 e. The summed E-state index contributed by atoms with van der Waals surface area (Å²) in [6.07, 6.45) is 2.68. The van der Waals surface area contributed by atoms with E-state index >= 15 is 0 Å². The summed E-state index contributed by atoms with van der Waals surface area (Å²) in [4.78, 5) is 0. The van der Waals surface area contributed by atoms with Crippen molar-refractivity contribution in [3.05, 3.63) is 0 Å². The van der Waals surface area contributed by atoms with E-state index in [0.717, 1.165) is 6.42 Å². The summed E-state index contributed by atoms with van der Waals surface area (Å²) in [5.41, 5.74) is -0.667. The number of rotatable bonds is 4. The maximum atomic E-state index is 8.66. The van der Waals surface area contributed by atoms with Gasteiger partial charge in [0.05, 0.1) is 19.8 Å². The lowest BCUT2D eigenvalue weighted by Gasteiger charge is -2.29. The van der Waals surface area contributed by atoms with Crippen molar-refractivity contribution in [2.75, 3.05) is 19.8 Å². The summed E-state index contributed by atoms with van der Waals surface area (Å²) in [5.74, 6) is -1.28. The van der Waals surface area contributed by atoms with E-state index in [0.29, 0.717) is 19.3 Å². The second-order valence-electron chi connectivity index (χ2n) is 4.16. The van der Waals surface area contributed by atoms with Crippen LogP contribution in [0.1, 0.15) is 32.6 Å². The molecule has 0 amide bonds. The molecule has 0 unspecified atom stereocenters. The highest BCUT2D eigenvalue weighted by atomic mass is 16.5. The molecule has 1 rings (SSSR count). The maximum absolute atomic E-state index is 8.66. The third kappa shape index (κ3) is 4.90. The van der Waals surface area contributed by atoms with E-state index in [-0.39, 0.29) is 19.8 Å². The van der Waals surface area contributed by atoms with Crippen molar-refractivity contribution in [2.24, 2.45) is 5.41 Å². The minimum Gasteiger partial charge on any atom is -0.396 e. The van der Waals surface area contributed by atoms with Gasteiger partial charge in [0.1, 0.15) is 0 Å². The highest BCUT2D eigenvalue weighted by Crippen LogP contribution is 2.27. The van der Waals surface area contributed by atoms with Crippen LogP contribution in [0, 0.1) is 5.41 Å². The van der Waals surface area contributed by atoms with Gasteiger partial charge in [-0.3, -0.25) is 0 Å². The van der Waals surface area contributed by atoms with Gasteiger partial charge in [0.2, 0.25) is 0 Å². The SMILES string of the molecule is CCC(CO)(CO)CO.OC1(O)CCC1. The average Bonchev–Trinajstić information content (AvgIpc) is 2.21. The first-order valence-electron chi connectivity index (χ1n) is 5.22.